The van der Waals surface area contributed by atoms with Crippen molar-refractivity contribution < 1.29 is 4.74 Å². The van der Waals surface area contributed by atoms with E-state index >= 15 is 0 Å². The van der Waals surface area contributed by atoms with E-state index in [2.05, 4.69) is 46.5 Å². The van der Waals surface area contributed by atoms with Crippen LogP contribution < -0.4 is 15.0 Å². The zero-order valence-electron chi connectivity index (χ0n) is 14.5. The number of rotatable bonds is 6. The predicted octanol–water partition coefficient (Wildman–Crippen LogP) is 2.28. The van der Waals surface area contributed by atoms with Crippen molar-refractivity contribution in [1.82, 2.24) is 15.1 Å². The van der Waals surface area contributed by atoms with E-state index in [0.29, 0.717) is 6.04 Å². The second-order valence-corrected chi connectivity index (χ2v) is 6.25. The van der Waals surface area contributed by atoms with Gasteiger partial charge in [-0.2, -0.15) is 5.10 Å². The highest BCUT2D eigenvalue weighted by Crippen LogP contribution is 2.29. The van der Waals surface area contributed by atoms with Gasteiger partial charge in [-0.05, 0) is 31.9 Å². The minimum atomic E-state index is 0.460. The molecule has 0 saturated carbocycles. The molecule has 1 aliphatic heterocycles. The molecule has 0 bridgehead atoms. The molecule has 0 saturated heterocycles. The Labute approximate surface area is 138 Å². The Morgan fingerprint density at radius 1 is 1.35 bits per heavy atom. The van der Waals surface area contributed by atoms with Crippen molar-refractivity contribution in [3.8, 4) is 5.88 Å². The maximum absolute atomic E-state index is 5.45. The van der Waals surface area contributed by atoms with Gasteiger partial charge in [0.05, 0.1) is 18.4 Å². The number of ether oxygens (including phenoxy) is 1. The van der Waals surface area contributed by atoms with Crippen LogP contribution in [0.5, 0.6) is 5.88 Å². The number of fused-ring (bicyclic) bond motifs is 1. The predicted molar refractivity (Wildman–Crippen MR) is 93.2 cm³/mol. The minimum Gasteiger partial charge on any atom is -0.481 e. The molecule has 3 rings (SSSR count). The lowest BCUT2D eigenvalue weighted by Gasteiger charge is -2.27. The van der Waals surface area contributed by atoms with E-state index in [1.807, 2.05) is 14.0 Å². The first kappa shape index (κ1) is 15.9. The third-order valence-electron chi connectivity index (χ3n) is 4.68. The van der Waals surface area contributed by atoms with Gasteiger partial charge in [-0.1, -0.05) is 18.2 Å². The molecule has 1 atom stereocenters. The standard InChI is InChI=1S/C18H26N4O/c1-13(22-10-9-15-7-5-6-8-17(15)22)11-19-12-16-14(2)20-21(3)18(16)23-4/h5-8,13,19H,9-12H2,1-4H3. The first-order valence-electron chi connectivity index (χ1n) is 8.23. The van der Waals surface area contributed by atoms with Crippen LogP contribution in [0.25, 0.3) is 0 Å². The number of benzene rings is 1. The average molecular weight is 314 g/mol. The van der Waals surface area contributed by atoms with E-state index in [9.17, 15) is 0 Å². The van der Waals surface area contributed by atoms with E-state index in [-0.39, 0.29) is 0 Å². The topological polar surface area (TPSA) is 42.3 Å². The van der Waals surface area contributed by atoms with Crippen molar-refractivity contribution in [3.05, 3.63) is 41.1 Å². The van der Waals surface area contributed by atoms with Crippen molar-refractivity contribution >= 4 is 5.69 Å². The highest BCUT2D eigenvalue weighted by molar-refractivity contribution is 5.58. The van der Waals surface area contributed by atoms with Crippen LogP contribution in [-0.4, -0.2) is 36.0 Å². The molecule has 0 aliphatic carbocycles. The number of nitrogens with zero attached hydrogens (tertiary/aromatic N) is 3. The molecule has 2 aromatic rings. The Kier molecular flexibility index (Phi) is 4.57. The highest BCUT2D eigenvalue weighted by atomic mass is 16.5. The maximum atomic E-state index is 5.45. The molecule has 5 nitrogen and oxygen atoms in total. The lowest BCUT2D eigenvalue weighted by atomic mass is 10.1. The fraction of sp³-hybridized carbons (Fsp3) is 0.500. The van der Waals surface area contributed by atoms with Gasteiger partial charge in [-0.15, -0.1) is 0 Å². The third-order valence-corrected chi connectivity index (χ3v) is 4.68. The van der Waals surface area contributed by atoms with E-state index < -0.39 is 0 Å². The molecule has 1 unspecified atom stereocenters. The molecule has 124 valence electrons. The zero-order valence-corrected chi connectivity index (χ0v) is 14.5. The largest absolute Gasteiger partial charge is 0.481 e. The van der Waals surface area contributed by atoms with Gasteiger partial charge in [0.2, 0.25) is 5.88 Å². The SMILES string of the molecule is COc1c(CNCC(C)N2CCc3ccccc32)c(C)nn1C. The number of nitrogens with one attached hydrogen (secondary N) is 1. The van der Waals surface area contributed by atoms with Gasteiger partial charge in [0.15, 0.2) is 0 Å². The maximum Gasteiger partial charge on any atom is 0.216 e. The average Bonchev–Trinajstić information content (AvgIpc) is 3.08. The second-order valence-electron chi connectivity index (χ2n) is 6.25. The summed E-state index contributed by atoms with van der Waals surface area (Å²) in [6, 6.07) is 9.18. The number of aryl methyl sites for hydroxylation is 2. The summed E-state index contributed by atoms with van der Waals surface area (Å²) in [6.45, 7) is 7.13. The van der Waals surface area contributed by atoms with E-state index in [0.717, 1.165) is 43.2 Å². The Hall–Kier alpha value is -2.01. The van der Waals surface area contributed by atoms with Gasteiger partial charge in [-0.25, -0.2) is 4.68 Å². The molecule has 0 fully saturated rings. The van der Waals surface area contributed by atoms with Crippen molar-refractivity contribution in [2.75, 3.05) is 25.1 Å². The third kappa shape index (κ3) is 3.06. The fourth-order valence-electron chi connectivity index (χ4n) is 3.48. The Morgan fingerprint density at radius 2 is 2.13 bits per heavy atom. The summed E-state index contributed by atoms with van der Waals surface area (Å²) >= 11 is 0. The van der Waals surface area contributed by atoms with Crippen molar-refractivity contribution in [2.45, 2.75) is 32.9 Å². The molecule has 1 aromatic heterocycles. The Bertz CT molecular complexity index is 680. The normalized spacial score (nSPS) is 14.9. The summed E-state index contributed by atoms with van der Waals surface area (Å²) in [5.41, 5.74) is 5.01. The van der Waals surface area contributed by atoms with Gasteiger partial charge in [0.1, 0.15) is 0 Å². The van der Waals surface area contributed by atoms with E-state index in [4.69, 9.17) is 4.74 Å². The number of methoxy groups -OCH3 is 1. The van der Waals surface area contributed by atoms with Crippen LogP contribution in [0.1, 0.15) is 23.7 Å². The van der Waals surface area contributed by atoms with Gasteiger partial charge in [0.25, 0.3) is 0 Å². The quantitative estimate of drug-likeness (QED) is 0.888. The van der Waals surface area contributed by atoms with Gasteiger partial charge in [-0.3, -0.25) is 0 Å². The summed E-state index contributed by atoms with van der Waals surface area (Å²) in [6.07, 6.45) is 1.15. The summed E-state index contributed by atoms with van der Waals surface area (Å²) in [5.74, 6) is 0.842. The van der Waals surface area contributed by atoms with Gasteiger partial charge in [0, 0.05) is 38.4 Å². The molecular formula is C18H26N4O. The van der Waals surface area contributed by atoms with Crippen LogP contribution >= 0.6 is 0 Å². The smallest absolute Gasteiger partial charge is 0.216 e. The van der Waals surface area contributed by atoms with Gasteiger partial charge >= 0.3 is 0 Å². The monoisotopic (exact) mass is 314 g/mol. The Morgan fingerprint density at radius 3 is 2.91 bits per heavy atom. The molecule has 2 heterocycles. The summed E-state index contributed by atoms with van der Waals surface area (Å²) in [7, 11) is 3.61. The lowest BCUT2D eigenvalue weighted by Crippen LogP contribution is -2.39. The zero-order chi connectivity index (χ0) is 16.4. The van der Waals surface area contributed by atoms with Crippen LogP contribution in [-0.2, 0) is 20.0 Å². The van der Waals surface area contributed by atoms with E-state index in [1.54, 1.807) is 11.8 Å². The number of aromatic nitrogens is 2. The Balaban J connectivity index is 1.60. The molecule has 5 heteroatoms. The van der Waals surface area contributed by atoms with Crippen LogP contribution in [0.15, 0.2) is 24.3 Å². The first-order valence-corrected chi connectivity index (χ1v) is 8.23. The summed E-state index contributed by atoms with van der Waals surface area (Å²) in [4.78, 5) is 2.50. The number of hydrogen-bond donors (Lipinski definition) is 1. The fourth-order valence-corrected chi connectivity index (χ4v) is 3.48. The molecule has 1 aliphatic rings. The molecular weight excluding hydrogens is 288 g/mol. The molecule has 0 spiro atoms. The molecule has 23 heavy (non-hydrogen) atoms. The van der Waals surface area contributed by atoms with Crippen LogP contribution in [0.2, 0.25) is 0 Å². The van der Waals surface area contributed by atoms with Crippen molar-refractivity contribution in [2.24, 2.45) is 7.05 Å². The number of para-hydroxylation sites is 1. The number of anilines is 1. The lowest BCUT2D eigenvalue weighted by molar-refractivity contribution is 0.367. The molecule has 0 radical (unpaired) electrons. The first-order chi connectivity index (χ1) is 11.1. The highest BCUT2D eigenvalue weighted by Gasteiger charge is 2.22. The van der Waals surface area contributed by atoms with Crippen LogP contribution in [0, 0.1) is 6.92 Å². The molecule has 1 aromatic carbocycles. The summed E-state index contributed by atoms with van der Waals surface area (Å²) in [5, 5.41) is 7.99. The molecule has 0 amide bonds. The van der Waals surface area contributed by atoms with Crippen LogP contribution in [0.3, 0.4) is 0 Å². The van der Waals surface area contributed by atoms with Crippen LogP contribution in [0.4, 0.5) is 5.69 Å². The second kappa shape index (κ2) is 6.62. The number of hydrogen-bond acceptors (Lipinski definition) is 4. The summed E-state index contributed by atoms with van der Waals surface area (Å²) < 4.78 is 7.25. The van der Waals surface area contributed by atoms with Gasteiger partial charge < -0.3 is 15.0 Å². The van der Waals surface area contributed by atoms with Crippen molar-refractivity contribution in [3.63, 3.8) is 0 Å². The van der Waals surface area contributed by atoms with Crippen molar-refractivity contribution in [1.29, 1.82) is 0 Å². The van der Waals surface area contributed by atoms with E-state index in [1.165, 1.54) is 11.3 Å². The molecule has 1 N–H and O–H groups in total. The minimum absolute atomic E-state index is 0.460.